The van der Waals surface area contributed by atoms with Crippen LogP contribution in [0.25, 0.3) is 0 Å². The van der Waals surface area contributed by atoms with Crippen LogP contribution in [0.4, 0.5) is 0 Å². The van der Waals surface area contributed by atoms with Crippen molar-refractivity contribution >= 4 is 18.6 Å². The van der Waals surface area contributed by atoms with E-state index in [1.54, 1.807) is 0 Å². The Morgan fingerprint density at radius 3 is 3.08 bits per heavy atom. The summed E-state index contributed by atoms with van der Waals surface area (Å²) in [6.45, 7) is 1.08. The smallest absolute Gasteiger partial charge is 0.323 e. The van der Waals surface area contributed by atoms with Crippen molar-refractivity contribution in [1.82, 2.24) is 0 Å². The van der Waals surface area contributed by atoms with E-state index in [9.17, 15) is 4.79 Å². The Kier molecular flexibility index (Phi) is 4.55. The molecule has 1 rings (SSSR count). The number of nitrogens with two attached hydrogens (primary N) is 1. The third-order valence-corrected chi connectivity index (χ3v) is 2.33. The van der Waals surface area contributed by atoms with Crippen LogP contribution >= 0.6 is 12.6 Å². The van der Waals surface area contributed by atoms with Gasteiger partial charge in [0.2, 0.25) is 0 Å². The average molecular weight is 205 g/mol. The van der Waals surface area contributed by atoms with Gasteiger partial charge in [-0.3, -0.25) is 4.79 Å². The molecule has 0 spiro atoms. The van der Waals surface area contributed by atoms with Crippen molar-refractivity contribution in [2.24, 2.45) is 5.73 Å². The van der Waals surface area contributed by atoms with Crippen molar-refractivity contribution in [2.45, 2.75) is 25.0 Å². The van der Waals surface area contributed by atoms with Crippen molar-refractivity contribution in [2.75, 3.05) is 19.0 Å². The summed E-state index contributed by atoms with van der Waals surface area (Å²) >= 11 is 3.90. The first-order chi connectivity index (χ1) is 6.24. The maximum absolute atomic E-state index is 11.1. The van der Waals surface area contributed by atoms with Gasteiger partial charge in [0.05, 0.1) is 6.10 Å². The van der Waals surface area contributed by atoms with Gasteiger partial charge in [-0.05, 0) is 12.8 Å². The maximum Gasteiger partial charge on any atom is 0.323 e. The number of rotatable bonds is 4. The summed E-state index contributed by atoms with van der Waals surface area (Å²) in [5.41, 5.74) is 5.41. The first-order valence-electron chi connectivity index (χ1n) is 4.38. The molecule has 1 aliphatic rings. The maximum atomic E-state index is 11.1. The van der Waals surface area contributed by atoms with E-state index < -0.39 is 12.0 Å². The summed E-state index contributed by atoms with van der Waals surface area (Å²) in [6.07, 6.45) is 2.07. The lowest BCUT2D eigenvalue weighted by Gasteiger charge is -2.12. The van der Waals surface area contributed by atoms with Crippen LogP contribution in [0.15, 0.2) is 0 Å². The lowest BCUT2D eigenvalue weighted by atomic mass is 10.2. The molecule has 2 atom stereocenters. The van der Waals surface area contributed by atoms with Crippen LogP contribution in [0.1, 0.15) is 12.8 Å². The number of thiol groups is 1. The molecule has 0 bridgehead atoms. The number of hydrogen-bond acceptors (Lipinski definition) is 5. The fourth-order valence-corrected chi connectivity index (χ4v) is 1.28. The van der Waals surface area contributed by atoms with E-state index in [4.69, 9.17) is 15.2 Å². The molecule has 1 unspecified atom stereocenters. The topological polar surface area (TPSA) is 61.6 Å². The molecular formula is C8H15NO3S. The molecule has 5 heteroatoms. The van der Waals surface area contributed by atoms with E-state index in [-0.39, 0.29) is 6.10 Å². The lowest BCUT2D eigenvalue weighted by molar-refractivity contribution is -0.147. The zero-order chi connectivity index (χ0) is 9.68. The molecule has 1 saturated heterocycles. The normalized spacial score (nSPS) is 24.3. The van der Waals surface area contributed by atoms with Gasteiger partial charge in [0.25, 0.3) is 0 Å². The molecule has 0 aromatic heterocycles. The van der Waals surface area contributed by atoms with Crippen LogP contribution in [0, 0.1) is 0 Å². The molecule has 0 aromatic carbocycles. The molecule has 0 radical (unpaired) electrons. The number of ether oxygens (including phenoxy) is 2. The number of esters is 1. The minimum Gasteiger partial charge on any atom is -0.462 e. The molecule has 13 heavy (non-hydrogen) atoms. The van der Waals surface area contributed by atoms with Gasteiger partial charge in [0.1, 0.15) is 12.6 Å². The third kappa shape index (κ3) is 3.54. The highest BCUT2D eigenvalue weighted by molar-refractivity contribution is 7.80. The van der Waals surface area contributed by atoms with Gasteiger partial charge in [0.15, 0.2) is 0 Å². The second kappa shape index (κ2) is 5.47. The second-order valence-electron chi connectivity index (χ2n) is 3.05. The quantitative estimate of drug-likeness (QED) is 0.499. The molecule has 2 N–H and O–H groups in total. The minimum absolute atomic E-state index is 0.0658. The highest BCUT2D eigenvalue weighted by atomic mass is 32.1. The molecule has 1 fully saturated rings. The predicted octanol–water partition coefficient (Wildman–Crippen LogP) is -0.0343. The Morgan fingerprint density at radius 2 is 2.54 bits per heavy atom. The van der Waals surface area contributed by atoms with Crippen molar-refractivity contribution in [3.8, 4) is 0 Å². The van der Waals surface area contributed by atoms with Crippen LogP contribution < -0.4 is 5.73 Å². The van der Waals surface area contributed by atoms with Crippen molar-refractivity contribution in [3.05, 3.63) is 0 Å². The van der Waals surface area contributed by atoms with Crippen molar-refractivity contribution in [1.29, 1.82) is 0 Å². The van der Waals surface area contributed by atoms with Gasteiger partial charge in [-0.1, -0.05) is 0 Å². The van der Waals surface area contributed by atoms with E-state index in [0.29, 0.717) is 12.4 Å². The fourth-order valence-electron chi connectivity index (χ4n) is 1.13. The zero-order valence-corrected chi connectivity index (χ0v) is 8.33. The lowest BCUT2D eigenvalue weighted by Crippen LogP contribution is -2.35. The van der Waals surface area contributed by atoms with Crippen LogP contribution in [0.2, 0.25) is 0 Å². The molecule has 0 aromatic rings. The van der Waals surface area contributed by atoms with E-state index in [1.165, 1.54) is 0 Å². The van der Waals surface area contributed by atoms with Crippen LogP contribution in [0.5, 0.6) is 0 Å². The Morgan fingerprint density at radius 1 is 1.77 bits per heavy atom. The minimum atomic E-state index is -0.621. The molecule has 1 heterocycles. The third-order valence-electron chi connectivity index (χ3n) is 1.93. The second-order valence-corrected chi connectivity index (χ2v) is 3.42. The van der Waals surface area contributed by atoms with Gasteiger partial charge in [-0.2, -0.15) is 12.6 Å². The van der Waals surface area contributed by atoms with Gasteiger partial charge in [-0.25, -0.2) is 0 Å². The Labute approximate surface area is 83.2 Å². The molecular weight excluding hydrogens is 190 g/mol. The summed E-state index contributed by atoms with van der Waals surface area (Å²) in [5.74, 6) is -0.0878. The Hall–Kier alpha value is -0.260. The van der Waals surface area contributed by atoms with Crippen LogP contribution in [0.3, 0.4) is 0 Å². The Bertz CT molecular complexity index is 171. The summed E-state index contributed by atoms with van der Waals surface area (Å²) in [6, 6.07) is -0.621. The van der Waals surface area contributed by atoms with Crippen molar-refractivity contribution < 1.29 is 14.3 Å². The van der Waals surface area contributed by atoms with E-state index in [2.05, 4.69) is 12.6 Å². The largest absolute Gasteiger partial charge is 0.462 e. The van der Waals surface area contributed by atoms with E-state index in [0.717, 1.165) is 19.4 Å². The highest BCUT2D eigenvalue weighted by Crippen LogP contribution is 2.12. The number of hydrogen-bond donors (Lipinski definition) is 2. The summed E-state index contributed by atoms with van der Waals surface area (Å²) in [7, 11) is 0. The molecule has 1 aliphatic heterocycles. The first-order valence-corrected chi connectivity index (χ1v) is 5.02. The fraction of sp³-hybridized carbons (Fsp3) is 0.875. The van der Waals surface area contributed by atoms with Gasteiger partial charge in [0, 0.05) is 12.4 Å². The van der Waals surface area contributed by atoms with Gasteiger partial charge < -0.3 is 15.2 Å². The molecule has 0 saturated carbocycles. The van der Waals surface area contributed by atoms with Crippen LogP contribution in [-0.2, 0) is 14.3 Å². The van der Waals surface area contributed by atoms with E-state index in [1.807, 2.05) is 0 Å². The molecule has 4 nitrogen and oxygen atoms in total. The Balaban J connectivity index is 2.13. The molecule has 0 aliphatic carbocycles. The van der Waals surface area contributed by atoms with Crippen LogP contribution in [-0.4, -0.2) is 37.1 Å². The SMILES string of the molecule is N[C@H](CS)C(=O)OCC1CCCO1. The van der Waals surface area contributed by atoms with Gasteiger partial charge in [-0.15, -0.1) is 0 Å². The zero-order valence-electron chi connectivity index (χ0n) is 7.44. The standard InChI is InChI=1S/C8H15NO3S/c9-7(5-13)8(10)12-4-6-2-1-3-11-6/h6-7,13H,1-5,9H2/t6?,7-/m1/s1. The highest BCUT2D eigenvalue weighted by Gasteiger charge is 2.19. The summed E-state index contributed by atoms with van der Waals surface area (Å²) in [5, 5.41) is 0. The summed E-state index contributed by atoms with van der Waals surface area (Å²) < 4.78 is 10.2. The first kappa shape index (κ1) is 10.8. The summed E-state index contributed by atoms with van der Waals surface area (Å²) in [4.78, 5) is 11.1. The average Bonchev–Trinajstić information content (AvgIpc) is 2.65. The predicted molar refractivity (Wildman–Crippen MR) is 51.8 cm³/mol. The number of carbonyl (C=O) groups is 1. The number of carbonyl (C=O) groups excluding carboxylic acids is 1. The van der Waals surface area contributed by atoms with E-state index >= 15 is 0 Å². The monoisotopic (exact) mass is 205 g/mol. The van der Waals surface area contributed by atoms with Gasteiger partial charge >= 0.3 is 5.97 Å². The van der Waals surface area contributed by atoms with Crippen molar-refractivity contribution in [3.63, 3.8) is 0 Å². The molecule has 0 amide bonds. The molecule has 76 valence electrons.